The molecule has 5 nitrogen and oxygen atoms in total. The Balaban J connectivity index is 1.97. The summed E-state index contributed by atoms with van der Waals surface area (Å²) >= 11 is 5.94. The van der Waals surface area contributed by atoms with Crippen molar-refractivity contribution in [2.75, 3.05) is 13.1 Å². The number of nitrogens with zero attached hydrogens (tertiary/aromatic N) is 2. The van der Waals surface area contributed by atoms with Crippen LogP contribution in [0.25, 0.3) is 0 Å². The molecular weight excluding hydrogens is 304 g/mol. The molecule has 1 aromatic heterocycles. The lowest BCUT2D eigenvalue weighted by molar-refractivity contribution is 0.00774. The highest BCUT2D eigenvalue weighted by Gasteiger charge is 2.28. The molecule has 0 radical (unpaired) electrons. The van der Waals surface area contributed by atoms with E-state index < -0.39 is 5.60 Å². The monoisotopic (exact) mass is 326 g/mol. The zero-order valence-corrected chi connectivity index (χ0v) is 14.3. The van der Waals surface area contributed by atoms with Crippen molar-refractivity contribution in [2.45, 2.75) is 52.2 Å². The number of piperidine rings is 1. The first-order chi connectivity index (χ1) is 10.2. The first-order valence-corrected chi connectivity index (χ1v) is 7.89. The molecule has 2 heterocycles. The van der Waals surface area contributed by atoms with Gasteiger partial charge in [0.25, 0.3) is 0 Å². The van der Waals surface area contributed by atoms with Crippen molar-refractivity contribution in [3.8, 4) is 5.75 Å². The van der Waals surface area contributed by atoms with Crippen molar-refractivity contribution in [1.82, 2.24) is 9.88 Å². The Morgan fingerprint density at radius 1 is 1.41 bits per heavy atom. The molecule has 1 fully saturated rings. The minimum Gasteiger partial charge on any atom is -0.488 e. The number of hydrogen-bond donors (Lipinski definition) is 0. The molecule has 1 aliphatic rings. The minimum absolute atomic E-state index is 0.0564. The van der Waals surface area contributed by atoms with Crippen LogP contribution in [0.5, 0.6) is 5.75 Å². The summed E-state index contributed by atoms with van der Waals surface area (Å²) in [5.41, 5.74) is 0.322. The van der Waals surface area contributed by atoms with Crippen LogP contribution >= 0.6 is 11.6 Å². The molecule has 1 aliphatic heterocycles. The number of carbonyl (C=O) groups excluding carboxylic acids is 1. The molecule has 0 bridgehead atoms. The summed E-state index contributed by atoms with van der Waals surface area (Å²) in [6.45, 7) is 8.69. The summed E-state index contributed by atoms with van der Waals surface area (Å²) in [6.07, 6.45) is 1.45. The van der Waals surface area contributed by atoms with Crippen molar-refractivity contribution in [1.29, 1.82) is 0 Å². The van der Waals surface area contributed by atoms with Gasteiger partial charge in [0.2, 0.25) is 0 Å². The van der Waals surface area contributed by atoms with Crippen molar-refractivity contribution in [3.63, 3.8) is 0 Å². The van der Waals surface area contributed by atoms with E-state index in [9.17, 15) is 4.79 Å². The van der Waals surface area contributed by atoms with Crippen LogP contribution in [0.3, 0.4) is 0 Å². The van der Waals surface area contributed by atoms with Crippen LogP contribution in [-0.4, -0.2) is 40.8 Å². The average molecular weight is 327 g/mol. The van der Waals surface area contributed by atoms with Gasteiger partial charge in [-0.3, -0.25) is 0 Å². The van der Waals surface area contributed by atoms with Gasteiger partial charge in [-0.25, -0.2) is 9.78 Å². The van der Waals surface area contributed by atoms with Crippen molar-refractivity contribution in [2.24, 2.45) is 0 Å². The largest absolute Gasteiger partial charge is 0.488 e. The van der Waals surface area contributed by atoms with Gasteiger partial charge in [-0.15, -0.1) is 0 Å². The fourth-order valence-electron chi connectivity index (χ4n) is 2.39. The van der Waals surface area contributed by atoms with E-state index in [2.05, 4.69) is 4.98 Å². The molecule has 1 unspecified atom stereocenters. The molecule has 0 N–H and O–H groups in total. The standard InChI is InChI=1S/C16H23ClN2O3/c1-11-8-13(9-14(17)18-11)21-12-6-5-7-19(10-12)15(20)22-16(2,3)4/h8-9,12H,5-7,10H2,1-4H3. The Hall–Kier alpha value is -1.49. The van der Waals surface area contributed by atoms with Crippen LogP contribution in [0.1, 0.15) is 39.3 Å². The second-order valence-electron chi connectivity index (χ2n) is 6.58. The number of halogens is 1. The zero-order chi connectivity index (χ0) is 16.3. The van der Waals surface area contributed by atoms with Crippen LogP contribution in [-0.2, 0) is 4.74 Å². The first kappa shape index (κ1) is 16.9. The van der Waals surface area contributed by atoms with Gasteiger partial charge in [0, 0.05) is 24.4 Å². The lowest BCUT2D eigenvalue weighted by atomic mass is 10.1. The van der Waals surface area contributed by atoms with Crippen LogP contribution < -0.4 is 4.74 Å². The van der Waals surface area contributed by atoms with Crippen LogP contribution in [0.2, 0.25) is 5.15 Å². The quantitative estimate of drug-likeness (QED) is 0.775. The molecule has 1 amide bonds. The van der Waals surface area contributed by atoms with Gasteiger partial charge in [0.1, 0.15) is 22.6 Å². The Bertz CT molecular complexity index is 522. The highest BCUT2D eigenvalue weighted by Crippen LogP contribution is 2.22. The van der Waals surface area contributed by atoms with Crippen LogP contribution in [0, 0.1) is 6.92 Å². The number of hydrogen-bond acceptors (Lipinski definition) is 4. The van der Waals surface area contributed by atoms with Gasteiger partial charge in [0.05, 0.1) is 6.54 Å². The number of rotatable bonds is 2. The summed E-state index contributed by atoms with van der Waals surface area (Å²) in [6, 6.07) is 3.54. The van der Waals surface area contributed by atoms with E-state index in [1.54, 1.807) is 11.0 Å². The van der Waals surface area contributed by atoms with E-state index in [0.29, 0.717) is 24.0 Å². The van der Waals surface area contributed by atoms with E-state index in [4.69, 9.17) is 21.1 Å². The zero-order valence-electron chi connectivity index (χ0n) is 13.6. The molecule has 2 rings (SSSR count). The van der Waals surface area contributed by atoms with Gasteiger partial charge in [-0.1, -0.05) is 11.6 Å². The first-order valence-electron chi connectivity index (χ1n) is 7.52. The van der Waals surface area contributed by atoms with Gasteiger partial charge < -0.3 is 14.4 Å². The van der Waals surface area contributed by atoms with Crippen LogP contribution in [0.15, 0.2) is 12.1 Å². The lowest BCUT2D eigenvalue weighted by Gasteiger charge is -2.34. The Morgan fingerprint density at radius 2 is 2.14 bits per heavy atom. The number of amides is 1. The van der Waals surface area contributed by atoms with Crippen molar-refractivity contribution >= 4 is 17.7 Å². The molecule has 0 spiro atoms. The average Bonchev–Trinajstić information content (AvgIpc) is 2.35. The summed E-state index contributed by atoms with van der Waals surface area (Å²) in [4.78, 5) is 18.0. The third-order valence-corrected chi connectivity index (χ3v) is 3.42. The predicted octanol–water partition coefficient (Wildman–Crippen LogP) is 3.82. The number of aryl methyl sites for hydroxylation is 1. The highest BCUT2D eigenvalue weighted by atomic mass is 35.5. The van der Waals surface area contributed by atoms with Gasteiger partial charge in [-0.2, -0.15) is 0 Å². The van der Waals surface area contributed by atoms with E-state index in [0.717, 1.165) is 18.5 Å². The lowest BCUT2D eigenvalue weighted by Crippen LogP contribution is -2.46. The van der Waals surface area contributed by atoms with Gasteiger partial charge in [0.15, 0.2) is 0 Å². The number of ether oxygens (including phenoxy) is 2. The van der Waals surface area contributed by atoms with E-state index in [1.807, 2.05) is 33.8 Å². The molecule has 1 saturated heterocycles. The van der Waals surface area contributed by atoms with Crippen LogP contribution in [0.4, 0.5) is 4.79 Å². The maximum absolute atomic E-state index is 12.1. The molecule has 0 aromatic carbocycles. The van der Waals surface area contributed by atoms with Gasteiger partial charge in [-0.05, 0) is 40.5 Å². The van der Waals surface area contributed by atoms with Crippen molar-refractivity contribution < 1.29 is 14.3 Å². The number of carbonyl (C=O) groups is 1. The normalized spacial score (nSPS) is 19.0. The second kappa shape index (κ2) is 6.73. The molecule has 0 aliphatic carbocycles. The molecular formula is C16H23ClN2O3. The summed E-state index contributed by atoms with van der Waals surface area (Å²) < 4.78 is 11.4. The summed E-state index contributed by atoms with van der Waals surface area (Å²) in [5.74, 6) is 0.688. The van der Waals surface area contributed by atoms with Crippen molar-refractivity contribution in [3.05, 3.63) is 23.0 Å². The molecule has 6 heteroatoms. The second-order valence-corrected chi connectivity index (χ2v) is 6.96. The third-order valence-electron chi connectivity index (χ3n) is 3.23. The molecule has 1 aromatic rings. The van der Waals surface area contributed by atoms with E-state index >= 15 is 0 Å². The smallest absolute Gasteiger partial charge is 0.410 e. The highest BCUT2D eigenvalue weighted by molar-refractivity contribution is 6.29. The third kappa shape index (κ3) is 5.05. The Kier molecular flexibility index (Phi) is 5.16. The fraction of sp³-hybridized carbons (Fsp3) is 0.625. The number of pyridine rings is 1. The van der Waals surface area contributed by atoms with E-state index in [1.165, 1.54) is 0 Å². The maximum atomic E-state index is 12.1. The number of likely N-dealkylation sites (tertiary alicyclic amines) is 1. The summed E-state index contributed by atoms with van der Waals surface area (Å²) in [5, 5.41) is 0.412. The number of aromatic nitrogens is 1. The topological polar surface area (TPSA) is 51.7 Å². The van der Waals surface area contributed by atoms with E-state index in [-0.39, 0.29) is 12.2 Å². The SMILES string of the molecule is Cc1cc(OC2CCCN(C(=O)OC(C)(C)C)C2)cc(Cl)n1. The molecule has 0 saturated carbocycles. The molecule has 122 valence electrons. The maximum Gasteiger partial charge on any atom is 0.410 e. The Labute approximate surface area is 136 Å². The summed E-state index contributed by atoms with van der Waals surface area (Å²) in [7, 11) is 0. The Morgan fingerprint density at radius 3 is 2.77 bits per heavy atom. The predicted molar refractivity (Wildman–Crippen MR) is 85.4 cm³/mol. The molecule has 22 heavy (non-hydrogen) atoms. The minimum atomic E-state index is -0.485. The molecule has 1 atom stereocenters. The van der Waals surface area contributed by atoms with Gasteiger partial charge >= 0.3 is 6.09 Å². The fourth-order valence-corrected chi connectivity index (χ4v) is 2.63.